The molecule has 2 rings (SSSR count). The fourth-order valence-corrected chi connectivity index (χ4v) is 2.25. The number of carbonyl (C=O) groups excluding carboxylic acids is 1. The van der Waals surface area contributed by atoms with Gasteiger partial charge >= 0.3 is 0 Å². The molecular formula is C13H16N2O5. The number of nitrogens with zero attached hydrogens (tertiary/aromatic N) is 2. The summed E-state index contributed by atoms with van der Waals surface area (Å²) in [5.74, 6) is 0.226. The summed E-state index contributed by atoms with van der Waals surface area (Å²) in [6.45, 7) is 0.464. The van der Waals surface area contributed by atoms with Gasteiger partial charge in [0.25, 0.3) is 11.6 Å². The Bertz CT molecular complexity index is 488. The van der Waals surface area contributed by atoms with Crippen molar-refractivity contribution in [2.45, 2.75) is 18.9 Å². The number of ether oxygens (including phenoxy) is 1. The summed E-state index contributed by atoms with van der Waals surface area (Å²) < 4.78 is 5.31. The van der Waals surface area contributed by atoms with E-state index in [9.17, 15) is 14.9 Å². The molecule has 0 saturated carbocycles. The lowest BCUT2D eigenvalue weighted by molar-refractivity contribution is -0.384. The van der Waals surface area contributed by atoms with E-state index in [0.717, 1.165) is 12.8 Å². The highest BCUT2D eigenvalue weighted by Crippen LogP contribution is 2.19. The van der Waals surface area contributed by atoms with Crippen LogP contribution in [0.2, 0.25) is 0 Å². The number of nitro benzene ring substituents is 1. The van der Waals surface area contributed by atoms with E-state index in [4.69, 9.17) is 9.84 Å². The molecule has 1 aromatic rings. The SMILES string of the molecule is O=C(COc1ccc([N+](=O)[O-])cc1)N1CCCC1CO. The van der Waals surface area contributed by atoms with Crippen LogP contribution in [0.4, 0.5) is 5.69 Å². The summed E-state index contributed by atoms with van der Waals surface area (Å²) in [5.41, 5.74) is -0.0245. The molecule has 1 heterocycles. The first-order valence-electron chi connectivity index (χ1n) is 6.39. The average molecular weight is 280 g/mol. The van der Waals surface area contributed by atoms with Crippen LogP contribution in [-0.4, -0.2) is 46.6 Å². The van der Waals surface area contributed by atoms with Gasteiger partial charge in [-0.2, -0.15) is 0 Å². The third-order valence-corrected chi connectivity index (χ3v) is 3.32. The molecule has 0 spiro atoms. The third-order valence-electron chi connectivity index (χ3n) is 3.32. The number of carbonyl (C=O) groups is 1. The third kappa shape index (κ3) is 3.24. The quantitative estimate of drug-likeness (QED) is 0.640. The van der Waals surface area contributed by atoms with Gasteiger partial charge in [0.15, 0.2) is 6.61 Å². The Hall–Kier alpha value is -2.15. The second-order valence-corrected chi connectivity index (χ2v) is 4.61. The number of benzene rings is 1. The van der Waals surface area contributed by atoms with Gasteiger partial charge < -0.3 is 14.7 Å². The predicted octanol–water partition coefficient (Wildman–Crippen LogP) is 0.957. The zero-order valence-electron chi connectivity index (χ0n) is 10.9. The van der Waals surface area contributed by atoms with Crippen molar-refractivity contribution in [2.75, 3.05) is 19.8 Å². The Morgan fingerprint density at radius 3 is 2.75 bits per heavy atom. The van der Waals surface area contributed by atoms with Crippen molar-refractivity contribution in [2.24, 2.45) is 0 Å². The Kier molecular flexibility index (Phi) is 4.52. The maximum Gasteiger partial charge on any atom is 0.269 e. The molecule has 7 heteroatoms. The molecule has 0 bridgehead atoms. The standard InChI is InChI=1S/C13H16N2O5/c16-8-11-2-1-7-14(11)13(17)9-20-12-5-3-10(4-6-12)15(18)19/h3-6,11,16H,1-2,7-9H2. The topological polar surface area (TPSA) is 92.9 Å². The molecule has 1 aromatic carbocycles. The molecule has 1 atom stereocenters. The second kappa shape index (κ2) is 6.33. The Morgan fingerprint density at radius 2 is 2.15 bits per heavy atom. The Labute approximate surface area is 115 Å². The van der Waals surface area contributed by atoms with Gasteiger partial charge in [-0.15, -0.1) is 0 Å². The number of non-ortho nitro benzene ring substituents is 1. The molecule has 0 aromatic heterocycles. The smallest absolute Gasteiger partial charge is 0.269 e. The number of hydrogen-bond acceptors (Lipinski definition) is 5. The van der Waals surface area contributed by atoms with Crippen LogP contribution >= 0.6 is 0 Å². The van der Waals surface area contributed by atoms with Gasteiger partial charge in [-0.05, 0) is 25.0 Å². The molecule has 1 fully saturated rings. The maximum absolute atomic E-state index is 11.9. The molecule has 0 radical (unpaired) electrons. The van der Waals surface area contributed by atoms with Crippen molar-refractivity contribution in [1.29, 1.82) is 0 Å². The molecule has 1 N–H and O–H groups in total. The zero-order valence-corrected chi connectivity index (χ0v) is 10.9. The number of aliphatic hydroxyl groups excluding tert-OH is 1. The minimum atomic E-state index is -0.495. The molecule has 20 heavy (non-hydrogen) atoms. The highest BCUT2D eigenvalue weighted by atomic mass is 16.6. The van der Waals surface area contributed by atoms with Gasteiger partial charge in [-0.3, -0.25) is 14.9 Å². The number of rotatable bonds is 5. The van der Waals surface area contributed by atoms with E-state index in [-0.39, 0.29) is 30.9 Å². The van der Waals surface area contributed by atoms with E-state index in [1.54, 1.807) is 4.90 Å². The summed E-state index contributed by atoms with van der Waals surface area (Å²) in [7, 11) is 0. The summed E-state index contributed by atoms with van der Waals surface area (Å²) in [6, 6.07) is 5.44. The van der Waals surface area contributed by atoms with Crippen LogP contribution in [0.25, 0.3) is 0 Å². The van der Waals surface area contributed by atoms with E-state index >= 15 is 0 Å². The molecule has 1 saturated heterocycles. The van der Waals surface area contributed by atoms with E-state index in [0.29, 0.717) is 12.3 Å². The van der Waals surface area contributed by atoms with Gasteiger partial charge in [0.2, 0.25) is 0 Å². The van der Waals surface area contributed by atoms with E-state index < -0.39 is 4.92 Å². The first-order valence-corrected chi connectivity index (χ1v) is 6.39. The van der Waals surface area contributed by atoms with Gasteiger partial charge in [0.05, 0.1) is 17.6 Å². The fraction of sp³-hybridized carbons (Fsp3) is 0.462. The molecule has 1 aliphatic rings. The van der Waals surface area contributed by atoms with Gasteiger partial charge in [0.1, 0.15) is 5.75 Å². The summed E-state index contributed by atoms with van der Waals surface area (Å²) >= 11 is 0. The van der Waals surface area contributed by atoms with Gasteiger partial charge in [0, 0.05) is 18.7 Å². The molecule has 108 valence electrons. The molecule has 0 aliphatic carbocycles. The van der Waals surface area contributed by atoms with Crippen molar-refractivity contribution < 1.29 is 19.6 Å². The molecule has 1 unspecified atom stereocenters. The number of amides is 1. The molecule has 1 aliphatic heterocycles. The van der Waals surface area contributed by atoms with E-state index in [2.05, 4.69) is 0 Å². The summed E-state index contributed by atoms with van der Waals surface area (Å²) in [4.78, 5) is 23.6. The zero-order chi connectivity index (χ0) is 14.5. The lowest BCUT2D eigenvalue weighted by Gasteiger charge is -2.22. The molecule has 1 amide bonds. The normalized spacial score (nSPS) is 18.1. The number of nitro groups is 1. The van der Waals surface area contributed by atoms with Crippen LogP contribution in [0.15, 0.2) is 24.3 Å². The van der Waals surface area contributed by atoms with Crippen molar-refractivity contribution in [1.82, 2.24) is 4.90 Å². The largest absolute Gasteiger partial charge is 0.484 e. The fourth-order valence-electron chi connectivity index (χ4n) is 2.25. The lowest BCUT2D eigenvalue weighted by Crippen LogP contribution is -2.40. The monoisotopic (exact) mass is 280 g/mol. The number of aliphatic hydroxyl groups is 1. The predicted molar refractivity (Wildman–Crippen MR) is 70.4 cm³/mol. The second-order valence-electron chi connectivity index (χ2n) is 4.61. The van der Waals surface area contributed by atoms with Crippen LogP contribution < -0.4 is 4.74 Å². The number of likely N-dealkylation sites (tertiary alicyclic amines) is 1. The van der Waals surface area contributed by atoms with E-state index in [1.165, 1.54) is 24.3 Å². The van der Waals surface area contributed by atoms with Crippen LogP contribution in [0, 0.1) is 10.1 Å². The number of hydrogen-bond donors (Lipinski definition) is 1. The Balaban J connectivity index is 1.88. The first kappa shape index (κ1) is 14.3. The summed E-state index contributed by atoms with van der Waals surface area (Å²) in [5, 5.41) is 19.7. The van der Waals surface area contributed by atoms with Crippen LogP contribution in [0.3, 0.4) is 0 Å². The van der Waals surface area contributed by atoms with Gasteiger partial charge in [-0.25, -0.2) is 0 Å². The lowest BCUT2D eigenvalue weighted by atomic mass is 10.2. The Morgan fingerprint density at radius 1 is 1.45 bits per heavy atom. The summed E-state index contributed by atoms with van der Waals surface area (Å²) in [6.07, 6.45) is 1.69. The van der Waals surface area contributed by atoms with Crippen molar-refractivity contribution >= 4 is 11.6 Å². The minimum absolute atomic E-state index is 0.0245. The maximum atomic E-state index is 11.9. The van der Waals surface area contributed by atoms with Crippen molar-refractivity contribution in [3.05, 3.63) is 34.4 Å². The van der Waals surface area contributed by atoms with Crippen LogP contribution in [0.1, 0.15) is 12.8 Å². The van der Waals surface area contributed by atoms with Crippen LogP contribution in [-0.2, 0) is 4.79 Å². The van der Waals surface area contributed by atoms with Gasteiger partial charge in [-0.1, -0.05) is 0 Å². The van der Waals surface area contributed by atoms with Crippen molar-refractivity contribution in [3.63, 3.8) is 0 Å². The highest BCUT2D eigenvalue weighted by Gasteiger charge is 2.28. The molecule has 7 nitrogen and oxygen atoms in total. The first-order chi connectivity index (χ1) is 9.61. The van der Waals surface area contributed by atoms with E-state index in [1.807, 2.05) is 0 Å². The molecular weight excluding hydrogens is 264 g/mol. The average Bonchev–Trinajstić information content (AvgIpc) is 2.93. The minimum Gasteiger partial charge on any atom is -0.484 e. The highest BCUT2D eigenvalue weighted by molar-refractivity contribution is 5.78. The van der Waals surface area contributed by atoms with Crippen molar-refractivity contribution in [3.8, 4) is 5.75 Å². The van der Waals surface area contributed by atoms with Crippen LogP contribution in [0.5, 0.6) is 5.75 Å².